The number of hydrogen-bond acceptors (Lipinski definition) is 6. The second-order valence-corrected chi connectivity index (χ2v) is 6.78. The molecule has 0 radical (unpaired) electrons. The van der Waals surface area contributed by atoms with Gasteiger partial charge in [0.05, 0.1) is 31.4 Å². The zero-order valence-electron chi connectivity index (χ0n) is 13.2. The molecule has 0 saturated carbocycles. The molecule has 2 N–H and O–H groups in total. The summed E-state index contributed by atoms with van der Waals surface area (Å²) in [5.74, 6) is -0.139. The maximum absolute atomic E-state index is 11.7. The van der Waals surface area contributed by atoms with Crippen LogP contribution in [0.5, 0.6) is 0 Å². The van der Waals surface area contributed by atoms with Gasteiger partial charge < -0.3 is 10.6 Å². The largest absolute Gasteiger partial charge is 0.353 e. The number of aromatic nitrogens is 2. The lowest BCUT2D eigenvalue weighted by Crippen LogP contribution is -2.06. The van der Waals surface area contributed by atoms with Crippen LogP contribution in [0.15, 0.2) is 42.7 Å². The van der Waals surface area contributed by atoms with Gasteiger partial charge in [0, 0.05) is 5.02 Å². The Morgan fingerprint density at radius 1 is 0.889 bits per heavy atom. The number of nitrogens with one attached hydrogen (secondary N) is 2. The second-order valence-electron chi connectivity index (χ2n) is 5.15. The maximum Gasteiger partial charge on any atom is 0.353 e. The van der Waals surface area contributed by atoms with Crippen LogP contribution in [-0.2, 0) is 0 Å². The molecule has 0 aliphatic heterocycles. The van der Waals surface area contributed by atoms with Gasteiger partial charge in [0.1, 0.15) is 6.33 Å². The summed E-state index contributed by atoms with van der Waals surface area (Å²) in [4.78, 5) is 18.9. The van der Waals surface area contributed by atoms with Gasteiger partial charge in [0.2, 0.25) is 11.6 Å². The third-order valence-corrected chi connectivity index (χ3v) is 4.77. The van der Waals surface area contributed by atoms with E-state index in [-0.39, 0.29) is 16.7 Å². The number of benzene rings is 2. The molecule has 0 amide bonds. The first-order valence-corrected chi connectivity index (χ1v) is 8.80. The van der Waals surface area contributed by atoms with E-state index in [1.54, 1.807) is 30.3 Å². The van der Waals surface area contributed by atoms with E-state index >= 15 is 0 Å². The Labute approximate surface area is 173 Å². The number of nitrogens with zero attached hydrogens (tertiary/aromatic N) is 3. The summed E-state index contributed by atoms with van der Waals surface area (Å²) in [6.45, 7) is 0. The van der Waals surface area contributed by atoms with Gasteiger partial charge in [-0.1, -0.05) is 52.5 Å². The Morgan fingerprint density at radius 2 is 1.56 bits per heavy atom. The molecular formula is C16H9Cl4N5O2. The highest BCUT2D eigenvalue weighted by molar-refractivity contribution is 6.43. The van der Waals surface area contributed by atoms with Gasteiger partial charge in [-0.25, -0.2) is 9.97 Å². The van der Waals surface area contributed by atoms with E-state index in [4.69, 9.17) is 46.4 Å². The predicted octanol–water partition coefficient (Wildman–Crippen LogP) is 6.49. The first-order chi connectivity index (χ1) is 12.9. The SMILES string of the molecule is O=[N+]([O-])c1c(Nc2cc(Cl)ccc2Cl)ncnc1Nc1cccc(Cl)c1Cl. The van der Waals surface area contributed by atoms with Crippen LogP contribution in [0.1, 0.15) is 0 Å². The topological polar surface area (TPSA) is 93.0 Å². The molecular weight excluding hydrogens is 436 g/mol. The highest BCUT2D eigenvalue weighted by Crippen LogP contribution is 2.37. The summed E-state index contributed by atoms with van der Waals surface area (Å²) in [6, 6.07) is 9.53. The van der Waals surface area contributed by atoms with Crippen molar-refractivity contribution in [3.63, 3.8) is 0 Å². The zero-order chi connectivity index (χ0) is 19.6. The Kier molecular flexibility index (Phi) is 5.86. The van der Waals surface area contributed by atoms with Crippen molar-refractivity contribution in [2.24, 2.45) is 0 Å². The Hall–Kier alpha value is -2.32. The number of hydrogen-bond donors (Lipinski definition) is 2. The summed E-state index contributed by atoms with van der Waals surface area (Å²) in [5.41, 5.74) is 0.319. The summed E-state index contributed by atoms with van der Waals surface area (Å²) in [6.07, 6.45) is 1.16. The van der Waals surface area contributed by atoms with Crippen LogP contribution in [0.25, 0.3) is 0 Å². The molecule has 1 heterocycles. The molecule has 0 spiro atoms. The highest BCUT2D eigenvalue weighted by atomic mass is 35.5. The maximum atomic E-state index is 11.7. The van der Waals surface area contributed by atoms with E-state index in [9.17, 15) is 10.1 Å². The minimum atomic E-state index is -0.623. The smallest absolute Gasteiger partial charge is 0.333 e. The van der Waals surface area contributed by atoms with Crippen LogP contribution in [0.3, 0.4) is 0 Å². The predicted molar refractivity (Wildman–Crippen MR) is 108 cm³/mol. The lowest BCUT2D eigenvalue weighted by molar-refractivity contribution is -0.383. The second kappa shape index (κ2) is 8.14. The monoisotopic (exact) mass is 443 g/mol. The fourth-order valence-electron chi connectivity index (χ4n) is 2.18. The molecule has 3 aromatic rings. The first-order valence-electron chi connectivity index (χ1n) is 7.29. The number of nitro groups is 1. The van der Waals surface area contributed by atoms with Crippen LogP contribution in [0, 0.1) is 10.1 Å². The number of halogens is 4. The molecule has 0 saturated heterocycles. The van der Waals surface area contributed by atoms with Gasteiger partial charge in [-0.3, -0.25) is 10.1 Å². The van der Waals surface area contributed by atoms with Crippen molar-refractivity contribution < 1.29 is 4.92 Å². The molecule has 0 atom stereocenters. The summed E-state index contributed by atoms with van der Waals surface area (Å²) in [5, 5.41) is 18.5. The Morgan fingerprint density at radius 3 is 2.22 bits per heavy atom. The van der Waals surface area contributed by atoms with Crippen molar-refractivity contribution in [2.75, 3.05) is 10.6 Å². The normalized spacial score (nSPS) is 10.5. The minimum Gasteiger partial charge on any atom is -0.333 e. The molecule has 138 valence electrons. The third kappa shape index (κ3) is 4.33. The minimum absolute atomic E-state index is 0.0696. The van der Waals surface area contributed by atoms with E-state index in [2.05, 4.69) is 20.6 Å². The van der Waals surface area contributed by atoms with Crippen molar-refractivity contribution in [3.8, 4) is 0 Å². The molecule has 27 heavy (non-hydrogen) atoms. The van der Waals surface area contributed by atoms with Gasteiger partial charge in [0.15, 0.2) is 0 Å². The van der Waals surface area contributed by atoms with Crippen LogP contribution in [0.2, 0.25) is 20.1 Å². The summed E-state index contributed by atoms with van der Waals surface area (Å²) < 4.78 is 0. The molecule has 0 aliphatic rings. The fourth-order valence-corrected chi connectivity index (χ4v) is 2.87. The van der Waals surface area contributed by atoms with Gasteiger partial charge >= 0.3 is 5.69 Å². The summed E-state index contributed by atoms with van der Waals surface area (Å²) >= 11 is 24.2. The fraction of sp³-hybridized carbons (Fsp3) is 0. The highest BCUT2D eigenvalue weighted by Gasteiger charge is 2.24. The van der Waals surface area contributed by atoms with Crippen LogP contribution in [0.4, 0.5) is 28.7 Å². The number of rotatable bonds is 5. The van der Waals surface area contributed by atoms with E-state index in [1.165, 1.54) is 6.07 Å². The zero-order valence-corrected chi connectivity index (χ0v) is 16.2. The molecule has 2 aromatic carbocycles. The molecule has 0 aliphatic carbocycles. The van der Waals surface area contributed by atoms with Crippen molar-refractivity contribution in [3.05, 3.63) is 72.9 Å². The molecule has 0 fully saturated rings. The van der Waals surface area contributed by atoms with Crippen molar-refractivity contribution in [2.45, 2.75) is 0 Å². The molecule has 1 aromatic heterocycles. The van der Waals surface area contributed by atoms with E-state index in [0.29, 0.717) is 26.4 Å². The van der Waals surface area contributed by atoms with Gasteiger partial charge in [-0.15, -0.1) is 0 Å². The summed E-state index contributed by atoms with van der Waals surface area (Å²) in [7, 11) is 0. The molecule has 7 nitrogen and oxygen atoms in total. The van der Waals surface area contributed by atoms with E-state index in [0.717, 1.165) is 6.33 Å². The third-order valence-electron chi connectivity index (χ3n) is 3.39. The average molecular weight is 445 g/mol. The Bertz CT molecular complexity index is 1010. The average Bonchev–Trinajstić information content (AvgIpc) is 2.62. The van der Waals surface area contributed by atoms with Crippen LogP contribution < -0.4 is 10.6 Å². The Balaban J connectivity index is 2.04. The molecule has 0 unspecified atom stereocenters. The van der Waals surface area contributed by atoms with Gasteiger partial charge in [-0.2, -0.15) is 0 Å². The molecule has 0 bridgehead atoms. The first kappa shape index (κ1) is 19.4. The van der Waals surface area contributed by atoms with Crippen molar-refractivity contribution in [1.82, 2.24) is 9.97 Å². The molecule has 3 rings (SSSR count). The van der Waals surface area contributed by atoms with E-state index in [1.807, 2.05) is 0 Å². The number of anilines is 4. The van der Waals surface area contributed by atoms with Gasteiger partial charge in [-0.05, 0) is 30.3 Å². The standard InChI is InChI=1S/C16H9Cl4N5O2/c17-8-4-5-9(18)12(6-8)24-16-14(25(26)27)15(21-7-22-16)23-11-3-1-2-10(19)13(11)20/h1-7H,(H2,21,22,23,24). The van der Waals surface area contributed by atoms with Crippen LogP contribution in [-0.4, -0.2) is 14.9 Å². The quantitative estimate of drug-likeness (QED) is 0.345. The lowest BCUT2D eigenvalue weighted by atomic mass is 10.3. The molecule has 11 heteroatoms. The van der Waals surface area contributed by atoms with Crippen molar-refractivity contribution >= 4 is 75.1 Å². The van der Waals surface area contributed by atoms with E-state index < -0.39 is 10.6 Å². The van der Waals surface area contributed by atoms with Crippen molar-refractivity contribution in [1.29, 1.82) is 0 Å². The van der Waals surface area contributed by atoms with Crippen LogP contribution >= 0.6 is 46.4 Å². The lowest BCUT2D eigenvalue weighted by Gasteiger charge is -2.12. The van der Waals surface area contributed by atoms with Gasteiger partial charge in [0.25, 0.3) is 0 Å².